The molecule has 0 amide bonds. The Hall–Kier alpha value is -2.03. The van der Waals surface area contributed by atoms with Gasteiger partial charge in [0.1, 0.15) is 17.3 Å². The number of hydrogen-bond acceptors (Lipinski definition) is 2. The summed E-state index contributed by atoms with van der Waals surface area (Å²) in [6.07, 6.45) is 0. The standard InChI is InChI=1S/C14H13FO2/c1-9-7-11(17-2)4-6-12(9)13-5-3-10(15)8-14(13)16/h3-8,16H,1-2H3. The van der Waals surface area contributed by atoms with Crippen LogP contribution in [0.2, 0.25) is 0 Å². The van der Waals surface area contributed by atoms with Crippen LogP contribution in [0.5, 0.6) is 11.5 Å². The molecule has 0 atom stereocenters. The summed E-state index contributed by atoms with van der Waals surface area (Å²) >= 11 is 0. The smallest absolute Gasteiger partial charge is 0.126 e. The number of phenols is 1. The van der Waals surface area contributed by atoms with Gasteiger partial charge in [0.25, 0.3) is 0 Å². The number of ether oxygens (including phenoxy) is 1. The van der Waals surface area contributed by atoms with Gasteiger partial charge in [-0.05, 0) is 42.3 Å². The summed E-state index contributed by atoms with van der Waals surface area (Å²) in [4.78, 5) is 0. The molecular weight excluding hydrogens is 219 g/mol. The second kappa shape index (κ2) is 4.45. The van der Waals surface area contributed by atoms with Crippen molar-refractivity contribution in [2.24, 2.45) is 0 Å². The van der Waals surface area contributed by atoms with E-state index in [-0.39, 0.29) is 5.75 Å². The van der Waals surface area contributed by atoms with Gasteiger partial charge in [0, 0.05) is 11.6 Å². The van der Waals surface area contributed by atoms with Crippen molar-refractivity contribution < 1.29 is 14.2 Å². The van der Waals surface area contributed by atoms with Crippen LogP contribution in [0.3, 0.4) is 0 Å². The average molecular weight is 232 g/mol. The fourth-order valence-electron chi connectivity index (χ4n) is 1.80. The van der Waals surface area contributed by atoms with E-state index in [1.165, 1.54) is 6.07 Å². The maximum absolute atomic E-state index is 12.9. The van der Waals surface area contributed by atoms with Gasteiger partial charge in [0.2, 0.25) is 0 Å². The Morgan fingerprint density at radius 2 is 1.76 bits per heavy atom. The van der Waals surface area contributed by atoms with Gasteiger partial charge >= 0.3 is 0 Å². The van der Waals surface area contributed by atoms with Crippen molar-refractivity contribution in [1.82, 2.24) is 0 Å². The Labute approximate surface area is 99.3 Å². The van der Waals surface area contributed by atoms with E-state index < -0.39 is 5.82 Å². The van der Waals surface area contributed by atoms with E-state index in [4.69, 9.17) is 4.74 Å². The first-order valence-electron chi connectivity index (χ1n) is 5.25. The number of aromatic hydroxyl groups is 1. The summed E-state index contributed by atoms with van der Waals surface area (Å²) in [6.45, 7) is 1.92. The molecule has 2 aromatic carbocycles. The number of benzene rings is 2. The van der Waals surface area contributed by atoms with E-state index >= 15 is 0 Å². The third kappa shape index (κ3) is 2.23. The predicted molar refractivity (Wildman–Crippen MR) is 64.8 cm³/mol. The van der Waals surface area contributed by atoms with Gasteiger partial charge in [-0.3, -0.25) is 0 Å². The molecule has 0 radical (unpaired) electrons. The van der Waals surface area contributed by atoms with Gasteiger partial charge in [-0.2, -0.15) is 0 Å². The first-order valence-corrected chi connectivity index (χ1v) is 5.25. The summed E-state index contributed by atoms with van der Waals surface area (Å²) in [7, 11) is 1.60. The highest BCUT2D eigenvalue weighted by Gasteiger charge is 2.08. The number of aryl methyl sites for hydroxylation is 1. The zero-order valence-corrected chi connectivity index (χ0v) is 9.70. The van der Waals surface area contributed by atoms with Crippen LogP contribution in [0.25, 0.3) is 11.1 Å². The van der Waals surface area contributed by atoms with Gasteiger partial charge in [0.05, 0.1) is 7.11 Å². The van der Waals surface area contributed by atoms with Gasteiger partial charge in [-0.15, -0.1) is 0 Å². The quantitative estimate of drug-likeness (QED) is 0.858. The summed E-state index contributed by atoms with van der Waals surface area (Å²) in [5.74, 6) is 0.253. The van der Waals surface area contributed by atoms with Gasteiger partial charge in [0.15, 0.2) is 0 Å². The molecular formula is C14H13FO2. The minimum atomic E-state index is -0.447. The number of rotatable bonds is 2. The molecule has 2 aromatic rings. The molecule has 0 unspecified atom stereocenters. The van der Waals surface area contributed by atoms with Crippen molar-refractivity contribution in [3.05, 3.63) is 47.8 Å². The summed E-state index contributed by atoms with van der Waals surface area (Å²) in [6, 6.07) is 9.54. The molecule has 2 rings (SSSR count). The zero-order chi connectivity index (χ0) is 12.4. The molecule has 0 aliphatic rings. The molecule has 88 valence electrons. The van der Waals surface area contributed by atoms with E-state index in [9.17, 15) is 9.50 Å². The monoisotopic (exact) mass is 232 g/mol. The maximum atomic E-state index is 12.9. The topological polar surface area (TPSA) is 29.5 Å². The third-order valence-corrected chi connectivity index (χ3v) is 2.68. The van der Waals surface area contributed by atoms with Crippen LogP contribution < -0.4 is 4.74 Å². The Bertz CT molecular complexity index is 550. The Kier molecular flexibility index (Phi) is 3.00. The first-order chi connectivity index (χ1) is 8.11. The molecule has 0 fully saturated rings. The number of methoxy groups -OCH3 is 1. The van der Waals surface area contributed by atoms with Crippen LogP contribution in [0.4, 0.5) is 4.39 Å². The lowest BCUT2D eigenvalue weighted by atomic mass is 9.99. The van der Waals surface area contributed by atoms with E-state index in [0.717, 1.165) is 22.9 Å². The lowest BCUT2D eigenvalue weighted by molar-refractivity contribution is 0.414. The Morgan fingerprint density at radius 1 is 1.06 bits per heavy atom. The second-order valence-electron chi connectivity index (χ2n) is 3.84. The molecule has 0 saturated carbocycles. The van der Waals surface area contributed by atoms with Crippen LogP contribution >= 0.6 is 0 Å². The van der Waals surface area contributed by atoms with E-state index in [2.05, 4.69) is 0 Å². The fourth-order valence-corrected chi connectivity index (χ4v) is 1.80. The zero-order valence-electron chi connectivity index (χ0n) is 9.70. The molecule has 0 heterocycles. The average Bonchev–Trinajstić information content (AvgIpc) is 2.30. The summed E-state index contributed by atoms with van der Waals surface area (Å²) < 4.78 is 18.0. The summed E-state index contributed by atoms with van der Waals surface area (Å²) in [5, 5.41) is 9.72. The molecule has 2 nitrogen and oxygen atoms in total. The van der Waals surface area contributed by atoms with Crippen molar-refractivity contribution >= 4 is 0 Å². The Morgan fingerprint density at radius 3 is 2.35 bits per heavy atom. The van der Waals surface area contributed by atoms with E-state index in [1.54, 1.807) is 13.2 Å². The molecule has 17 heavy (non-hydrogen) atoms. The second-order valence-corrected chi connectivity index (χ2v) is 3.84. The molecule has 0 spiro atoms. The first kappa shape index (κ1) is 11.5. The molecule has 0 aliphatic heterocycles. The molecule has 0 aromatic heterocycles. The normalized spacial score (nSPS) is 10.3. The van der Waals surface area contributed by atoms with Gasteiger partial charge in [-0.25, -0.2) is 4.39 Å². The van der Waals surface area contributed by atoms with Crippen LogP contribution in [-0.2, 0) is 0 Å². The third-order valence-electron chi connectivity index (χ3n) is 2.68. The molecule has 1 N–H and O–H groups in total. The van der Waals surface area contributed by atoms with Crippen molar-refractivity contribution in [2.45, 2.75) is 6.92 Å². The van der Waals surface area contributed by atoms with Crippen molar-refractivity contribution in [2.75, 3.05) is 7.11 Å². The predicted octanol–water partition coefficient (Wildman–Crippen LogP) is 3.52. The lowest BCUT2D eigenvalue weighted by Crippen LogP contribution is -1.88. The molecule has 0 saturated heterocycles. The van der Waals surface area contributed by atoms with E-state index in [1.807, 2.05) is 25.1 Å². The molecule has 0 bridgehead atoms. The SMILES string of the molecule is COc1ccc(-c2ccc(F)cc2O)c(C)c1. The largest absolute Gasteiger partial charge is 0.507 e. The number of halogens is 1. The van der Waals surface area contributed by atoms with Crippen LogP contribution in [0, 0.1) is 12.7 Å². The van der Waals surface area contributed by atoms with Crippen molar-refractivity contribution in [3.8, 4) is 22.6 Å². The minimum Gasteiger partial charge on any atom is -0.507 e. The van der Waals surface area contributed by atoms with Gasteiger partial charge < -0.3 is 9.84 Å². The highest BCUT2D eigenvalue weighted by Crippen LogP contribution is 2.33. The van der Waals surface area contributed by atoms with Crippen LogP contribution in [0.15, 0.2) is 36.4 Å². The van der Waals surface area contributed by atoms with Crippen LogP contribution in [0.1, 0.15) is 5.56 Å². The van der Waals surface area contributed by atoms with Crippen molar-refractivity contribution in [3.63, 3.8) is 0 Å². The maximum Gasteiger partial charge on any atom is 0.126 e. The lowest BCUT2D eigenvalue weighted by Gasteiger charge is -2.09. The van der Waals surface area contributed by atoms with Gasteiger partial charge in [-0.1, -0.05) is 6.07 Å². The number of hydrogen-bond donors (Lipinski definition) is 1. The number of phenolic OH excluding ortho intramolecular Hbond substituents is 1. The van der Waals surface area contributed by atoms with Crippen molar-refractivity contribution in [1.29, 1.82) is 0 Å². The van der Waals surface area contributed by atoms with E-state index in [0.29, 0.717) is 5.56 Å². The minimum absolute atomic E-state index is 0.0572. The Balaban J connectivity index is 2.53. The molecule has 3 heteroatoms. The van der Waals surface area contributed by atoms with Crippen LogP contribution in [-0.4, -0.2) is 12.2 Å². The highest BCUT2D eigenvalue weighted by molar-refractivity contribution is 5.73. The summed E-state index contributed by atoms with van der Waals surface area (Å²) in [5.41, 5.74) is 2.45. The molecule has 0 aliphatic carbocycles. The fraction of sp³-hybridized carbons (Fsp3) is 0.143. The highest BCUT2D eigenvalue weighted by atomic mass is 19.1.